The largest absolute Gasteiger partial charge is 0.489 e. The van der Waals surface area contributed by atoms with Crippen molar-refractivity contribution in [2.75, 3.05) is 18.0 Å². The van der Waals surface area contributed by atoms with Crippen LogP contribution in [0.2, 0.25) is 0 Å². The highest BCUT2D eigenvalue weighted by atomic mass is 19.4. The van der Waals surface area contributed by atoms with E-state index in [1.807, 2.05) is 31.2 Å². The number of hydrogen-bond donors (Lipinski definition) is 0. The van der Waals surface area contributed by atoms with Crippen LogP contribution in [0.15, 0.2) is 36.4 Å². The number of ether oxygens (including phenoxy) is 1. The number of benzene rings is 1. The Morgan fingerprint density at radius 3 is 2.55 bits per heavy atom. The maximum atomic E-state index is 13.4. The van der Waals surface area contributed by atoms with Gasteiger partial charge < -0.3 is 14.4 Å². The molecule has 1 aromatic carbocycles. The molecule has 0 spiro atoms. The summed E-state index contributed by atoms with van der Waals surface area (Å²) >= 11 is 0. The first-order valence-corrected chi connectivity index (χ1v) is 9.38. The molecule has 0 bridgehead atoms. The van der Waals surface area contributed by atoms with Crippen molar-refractivity contribution in [2.24, 2.45) is 0 Å². The lowest BCUT2D eigenvalue weighted by atomic mass is 9.96. The maximum Gasteiger partial charge on any atom is 0.436 e. The van der Waals surface area contributed by atoms with Crippen LogP contribution in [0.4, 0.5) is 23.4 Å². The average Bonchev–Trinajstić information content (AvgIpc) is 3.09. The minimum Gasteiger partial charge on any atom is -0.489 e. The van der Waals surface area contributed by atoms with Crippen LogP contribution in [0.3, 0.4) is 0 Å². The number of pyridine rings is 1. The van der Waals surface area contributed by atoms with Crippen molar-refractivity contribution in [1.82, 2.24) is 4.98 Å². The standard InChI is InChI=1S/C21H22F4N2O2/c1-13(11-14(2)28)15-3-5-16(6-4-15)29-17-9-10-27(12-17)19-8-7-18(22)20(26-19)21(23,24)25/h3-8,13,17H,9-12H2,1-2H3/t13-,17-/m1/s1. The van der Waals surface area contributed by atoms with Gasteiger partial charge >= 0.3 is 6.18 Å². The summed E-state index contributed by atoms with van der Waals surface area (Å²) in [5, 5.41) is 0. The zero-order valence-electron chi connectivity index (χ0n) is 16.2. The Kier molecular flexibility index (Phi) is 6.10. The number of Topliss-reactive ketones (excluding diaryl/α,β-unsaturated/α-hetero) is 1. The van der Waals surface area contributed by atoms with Crippen LogP contribution in [0, 0.1) is 5.82 Å². The number of alkyl halides is 3. The Hall–Kier alpha value is -2.64. The van der Waals surface area contributed by atoms with E-state index in [4.69, 9.17) is 4.74 Å². The van der Waals surface area contributed by atoms with Gasteiger partial charge in [-0.1, -0.05) is 19.1 Å². The van der Waals surface area contributed by atoms with Crippen LogP contribution in [0.25, 0.3) is 0 Å². The van der Waals surface area contributed by atoms with Gasteiger partial charge in [-0.3, -0.25) is 0 Å². The minimum atomic E-state index is -4.84. The molecular formula is C21H22F4N2O2. The van der Waals surface area contributed by atoms with E-state index in [-0.39, 0.29) is 23.6 Å². The highest BCUT2D eigenvalue weighted by Gasteiger charge is 2.37. The van der Waals surface area contributed by atoms with Gasteiger partial charge in [0.1, 0.15) is 23.5 Å². The fourth-order valence-corrected chi connectivity index (χ4v) is 3.46. The molecule has 0 N–H and O–H groups in total. The first kappa shape index (κ1) is 21.1. The van der Waals surface area contributed by atoms with E-state index in [2.05, 4.69) is 4.98 Å². The molecule has 2 aromatic rings. The predicted molar refractivity (Wildman–Crippen MR) is 101 cm³/mol. The van der Waals surface area contributed by atoms with Crippen LogP contribution in [0.1, 0.15) is 43.9 Å². The van der Waals surface area contributed by atoms with Crippen LogP contribution in [-0.2, 0) is 11.0 Å². The zero-order chi connectivity index (χ0) is 21.2. The fraction of sp³-hybridized carbons (Fsp3) is 0.429. The molecule has 1 saturated heterocycles. The van der Waals surface area contributed by atoms with Gasteiger partial charge in [-0.05, 0) is 42.7 Å². The van der Waals surface area contributed by atoms with E-state index in [0.717, 1.165) is 11.6 Å². The number of carbonyl (C=O) groups is 1. The molecule has 1 fully saturated rings. The molecule has 1 aliphatic rings. The molecule has 0 amide bonds. The zero-order valence-corrected chi connectivity index (χ0v) is 16.2. The third-order valence-corrected chi connectivity index (χ3v) is 4.91. The molecule has 0 radical (unpaired) electrons. The maximum absolute atomic E-state index is 13.4. The summed E-state index contributed by atoms with van der Waals surface area (Å²) in [6.45, 7) is 4.37. The van der Waals surface area contributed by atoms with E-state index in [1.165, 1.54) is 6.07 Å². The van der Waals surface area contributed by atoms with E-state index >= 15 is 0 Å². The van der Waals surface area contributed by atoms with Gasteiger partial charge in [0.15, 0.2) is 11.5 Å². The van der Waals surface area contributed by atoms with Gasteiger partial charge in [-0.25, -0.2) is 9.37 Å². The second-order valence-corrected chi connectivity index (χ2v) is 7.35. The Morgan fingerprint density at radius 1 is 1.24 bits per heavy atom. The van der Waals surface area contributed by atoms with E-state index in [0.29, 0.717) is 31.7 Å². The van der Waals surface area contributed by atoms with Crippen molar-refractivity contribution < 1.29 is 27.1 Å². The smallest absolute Gasteiger partial charge is 0.436 e. The van der Waals surface area contributed by atoms with Crippen LogP contribution >= 0.6 is 0 Å². The number of carbonyl (C=O) groups excluding carboxylic acids is 1. The lowest BCUT2D eigenvalue weighted by Gasteiger charge is -2.19. The summed E-state index contributed by atoms with van der Waals surface area (Å²) in [5.74, 6) is -0.396. The normalized spacial score (nSPS) is 18.0. The third-order valence-electron chi connectivity index (χ3n) is 4.91. The Bertz CT molecular complexity index is 868. The van der Waals surface area contributed by atoms with Crippen molar-refractivity contribution in [2.45, 2.75) is 44.9 Å². The van der Waals surface area contributed by atoms with Gasteiger partial charge in [0.25, 0.3) is 0 Å². The molecule has 0 aliphatic carbocycles. The van der Waals surface area contributed by atoms with Crippen LogP contribution < -0.4 is 9.64 Å². The molecular weight excluding hydrogens is 388 g/mol. The third kappa shape index (κ3) is 5.25. The topological polar surface area (TPSA) is 42.4 Å². The van der Waals surface area contributed by atoms with Crippen molar-refractivity contribution in [1.29, 1.82) is 0 Å². The molecule has 1 aromatic heterocycles. The Labute approximate surface area is 166 Å². The van der Waals surface area contributed by atoms with Crippen molar-refractivity contribution in [3.63, 3.8) is 0 Å². The fourth-order valence-electron chi connectivity index (χ4n) is 3.46. The highest BCUT2D eigenvalue weighted by Crippen LogP contribution is 2.32. The summed E-state index contributed by atoms with van der Waals surface area (Å²) in [4.78, 5) is 16.4. The summed E-state index contributed by atoms with van der Waals surface area (Å²) in [5.41, 5.74) is -0.467. The van der Waals surface area contributed by atoms with Gasteiger partial charge in [-0.2, -0.15) is 13.2 Å². The summed E-state index contributed by atoms with van der Waals surface area (Å²) in [6, 6.07) is 9.51. The molecule has 156 valence electrons. The summed E-state index contributed by atoms with van der Waals surface area (Å²) in [7, 11) is 0. The molecule has 3 rings (SSSR count). The van der Waals surface area contributed by atoms with Crippen molar-refractivity contribution in [3.8, 4) is 5.75 Å². The highest BCUT2D eigenvalue weighted by molar-refractivity contribution is 5.76. The molecule has 0 unspecified atom stereocenters. The second kappa shape index (κ2) is 8.39. The SMILES string of the molecule is CC(=O)C[C@@H](C)c1ccc(O[C@@H]2CCN(c3ccc(F)c(C(F)(F)F)n3)C2)cc1. The first-order chi connectivity index (χ1) is 13.6. The number of nitrogens with zero attached hydrogens (tertiary/aromatic N) is 2. The molecule has 29 heavy (non-hydrogen) atoms. The Balaban J connectivity index is 1.62. The summed E-state index contributed by atoms with van der Waals surface area (Å²) in [6.07, 6.45) is -3.96. The van der Waals surface area contributed by atoms with Crippen LogP contribution in [0.5, 0.6) is 5.75 Å². The number of halogens is 4. The quantitative estimate of drug-likeness (QED) is 0.630. The Morgan fingerprint density at radius 2 is 1.93 bits per heavy atom. The van der Waals surface area contributed by atoms with Crippen molar-refractivity contribution in [3.05, 3.63) is 53.5 Å². The molecule has 4 nitrogen and oxygen atoms in total. The predicted octanol–water partition coefficient (Wildman–Crippen LogP) is 4.98. The van der Waals surface area contributed by atoms with Gasteiger partial charge in [0.2, 0.25) is 0 Å². The van der Waals surface area contributed by atoms with E-state index < -0.39 is 17.7 Å². The number of aromatic nitrogens is 1. The molecule has 0 saturated carbocycles. The monoisotopic (exact) mass is 410 g/mol. The molecule has 2 atom stereocenters. The van der Waals surface area contributed by atoms with Crippen molar-refractivity contribution >= 4 is 11.6 Å². The van der Waals surface area contributed by atoms with Gasteiger partial charge in [-0.15, -0.1) is 0 Å². The number of hydrogen-bond acceptors (Lipinski definition) is 4. The number of rotatable bonds is 6. The lowest BCUT2D eigenvalue weighted by Crippen LogP contribution is -2.26. The van der Waals surface area contributed by atoms with Crippen LogP contribution in [-0.4, -0.2) is 30.0 Å². The minimum absolute atomic E-state index is 0.0817. The van der Waals surface area contributed by atoms with Gasteiger partial charge in [0.05, 0.1) is 6.54 Å². The number of ketones is 1. The second-order valence-electron chi connectivity index (χ2n) is 7.35. The summed E-state index contributed by atoms with van der Waals surface area (Å²) < 4.78 is 58.0. The molecule has 8 heteroatoms. The average molecular weight is 410 g/mol. The van der Waals surface area contributed by atoms with E-state index in [1.54, 1.807) is 11.8 Å². The lowest BCUT2D eigenvalue weighted by molar-refractivity contribution is -0.143. The molecule has 1 aliphatic heterocycles. The van der Waals surface area contributed by atoms with E-state index in [9.17, 15) is 22.4 Å². The van der Waals surface area contributed by atoms with Gasteiger partial charge in [0, 0.05) is 19.4 Å². The number of anilines is 1. The first-order valence-electron chi connectivity index (χ1n) is 9.38. The molecule has 2 heterocycles.